The van der Waals surface area contributed by atoms with Crippen molar-refractivity contribution in [3.05, 3.63) is 88.1 Å². The number of imidazole rings is 1. The van der Waals surface area contributed by atoms with Crippen molar-refractivity contribution in [2.24, 2.45) is 0 Å². The summed E-state index contributed by atoms with van der Waals surface area (Å²) < 4.78 is 67.7. The molecule has 4 nitrogen and oxygen atoms in total. The van der Waals surface area contributed by atoms with E-state index in [1.165, 1.54) is 29.2 Å². The van der Waals surface area contributed by atoms with Crippen LogP contribution in [0.15, 0.2) is 48.9 Å². The van der Waals surface area contributed by atoms with Gasteiger partial charge in [0.25, 0.3) is 5.91 Å². The van der Waals surface area contributed by atoms with Crippen LogP contribution >= 0.6 is 11.6 Å². The number of carbonyl (C=O) groups excluding carboxylic acids is 1. The molecule has 0 radical (unpaired) electrons. The second-order valence-corrected chi connectivity index (χ2v) is 6.87. The number of benzene rings is 2. The van der Waals surface area contributed by atoms with Gasteiger partial charge in [-0.05, 0) is 30.3 Å². The maximum atomic E-state index is 13.5. The van der Waals surface area contributed by atoms with Crippen molar-refractivity contribution >= 4 is 23.6 Å². The van der Waals surface area contributed by atoms with Crippen LogP contribution in [-0.2, 0) is 12.7 Å². The van der Waals surface area contributed by atoms with Crippen molar-refractivity contribution in [3.8, 4) is 5.69 Å². The fourth-order valence-corrected chi connectivity index (χ4v) is 3.48. The van der Waals surface area contributed by atoms with Gasteiger partial charge >= 0.3 is 6.18 Å². The van der Waals surface area contributed by atoms with Crippen LogP contribution in [0.4, 0.5) is 22.0 Å². The van der Waals surface area contributed by atoms with Gasteiger partial charge in [-0.25, -0.2) is 13.8 Å². The van der Waals surface area contributed by atoms with E-state index < -0.39 is 34.3 Å². The lowest BCUT2D eigenvalue weighted by atomic mass is 10.1. The second kappa shape index (κ2) is 7.24. The van der Waals surface area contributed by atoms with E-state index in [1.54, 1.807) is 0 Å². The summed E-state index contributed by atoms with van der Waals surface area (Å²) in [4.78, 5) is 18.1. The topological polar surface area (TPSA) is 38.1 Å². The Kier molecular flexibility index (Phi) is 4.85. The number of hydrogen-bond acceptors (Lipinski definition) is 2. The van der Waals surface area contributed by atoms with Gasteiger partial charge < -0.3 is 4.90 Å². The average Bonchev–Trinajstić information content (AvgIpc) is 3.09. The Bertz CT molecular complexity index is 1170. The van der Waals surface area contributed by atoms with Gasteiger partial charge in [-0.1, -0.05) is 17.7 Å². The van der Waals surface area contributed by atoms with Crippen LogP contribution in [-0.4, -0.2) is 20.4 Å². The van der Waals surface area contributed by atoms with Crippen molar-refractivity contribution in [1.29, 1.82) is 0 Å². The minimum Gasteiger partial charge on any atom is -0.309 e. The Morgan fingerprint density at radius 1 is 1.10 bits per heavy atom. The van der Waals surface area contributed by atoms with E-state index in [-0.39, 0.29) is 17.8 Å². The molecule has 2 aromatic carbocycles. The van der Waals surface area contributed by atoms with Gasteiger partial charge in [-0.2, -0.15) is 13.2 Å². The van der Waals surface area contributed by atoms with Gasteiger partial charge in [-0.15, -0.1) is 0 Å². The first-order valence-electron chi connectivity index (χ1n) is 8.52. The number of rotatable bonds is 2. The van der Waals surface area contributed by atoms with Crippen molar-refractivity contribution < 1.29 is 26.7 Å². The van der Waals surface area contributed by atoms with Crippen LogP contribution < -0.4 is 0 Å². The zero-order valence-corrected chi connectivity index (χ0v) is 15.7. The molecule has 0 aliphatic carbocycles. The number of aromatic nitrogens is 2. The molecule has 0 atom stereocenters. The molecule has 154 valence electrons. The van der Waals surface area contributed by atoms with Crippen LogP contribution in [0.3, 0.4) is 0 Å². The van der Waals surface area contributed by atoms with Crippen LogP contribution in [0, 0.1) is 11.6 Å². The van der Waals surface area contributed by atoms with Gasteiger partial charge in [0, 0.05) is 12.3 Å². The standard InChI is InChI=1S/C20H11ClF5N3O/c21-18-14(2-1-3-15(18)20(24,25)26)19(30)28-5-4-17-16(9-28)27-10-29(17)13-7-11(22)6-12(23)8-13/h1-8,10H,9H2. The van der Waals surface area contributed by atoms with E-state index in [9.17, 15) is 26.7 Å². The Balaban J connectivity index is 1.65. The SMILES string of the molecule is O=C(c1cccc(C(F)(F)F)c1Cl)N1C=Cc2c(ncn2-c2cc(F)cc(F)c2)C1. The summed E-state index contributed by atoms with van der Waals surface area (Å²) in [5.41, 5.74) is -0.315. The molecule has 0 saturated heterocycles. The largest absolute Gasteiger partial charge is 0.417 e. The fraction of sp³-hybridized carbons (Fsp3) is 0.100. The molecule has 0 spiro atoms. The highest BCUT2D eigenvalue weighted by Crippen LogP contribution is 2.37. The fourth-order valence-electron chi connectivity index (χ4n) is 3.16. The highest BCUT2D eigenvalue weighted by atomic mass is 35.5. The molecule has 1 aliphatic rings. The van der Waals surface area contributed by atoms with Gasteiger partial charge in [0.05, 0.1) is 39.8 Å². The van der Waals surface area contributed by atoms with Crippen LogP contribution in [0.2, 0.25) is 5.02 Å². The maximum Gasteiger partial charge on any atom is 0.417 e. The van der Waals surface area contributed by atoms with Crippen molar-refractivity contribution in [2.45, 2.75) is 12.7 Å². The lowest BCUT2D eigenvalue weighted by Crippen LogP contribution is -2.28. The number of halogens is 6. The number of hydrogen-bond donors (Lipinski definition) is 0. The zero-order valence-electron chi connectivity index (χ0n) is 14.9. The Morgan fingerprint density at radius 2 is 1.80 bits per heavy atom. The smallest absolute Gasteiger partial charge is 0.309 e. The molecule has 0 N–H and O–H groups in total. The summed E-state index contributed by atoms with van der Waals surface area (Å²) in [6.45, 7) is -0.0535. The minimum absolute atomic E-state index is 0.0535. The molecule has 10 heteroatoms. The molecule has 30 heavy (non-hydrogen) atoms. The highest BCUT2D eigenvalue weighted by Gasteiger charge is 2.35. The zero-order chi connectivity index (χ0) is 21.6. The number of amides is 1. The summed E-state index contributed by atoms with van der Waals surface area (Å²) in [7, 11) is 0. The molecule has 0 bridgehead atoms. The molecule has 0 fully saturated rings. The highest BCUT2D eigenvalue weighted by molar-refractivity contribution is 6.34. The first kappa shape index (κ1) is 20.1. The molecule has 0 unspecified atom stereocenters. The summed E-state index contributed by atoms with van der Waals surface area (Å²) in [6.07, 6.45) is -0.519. The quantitative estimate of drug-likeness (QED) is 0.498. The lowest BCUT2D eigenvalue weighted by Gasteiger charge is -2.23. The second-order valence-electron chi connectivity index (χ2n) is 6.49. The van der Waals surface area contributed by atoms with Crippen molar-refractivity contribution in [1.82, 2.24) is 14.5 Å². The Hall–Kier alpha value is -3.20. The monoisotopic (exact) mass is 439 g/mol. The minimum atomic E-state index is -4.70. The van der Waals surface area contributed by atoms with Gasteiger partial charge in [0.2, 0.25) is 0 Å². The van der Waals surface area contributed by atoms with E-state index in [0.29, 0.717) is 11.4 Å². The molecule has 1 amide bonds. The van der Waals surface area contributed by atoms with Crippen molar-refractivity contribution in [2.75, 3.05) is 0 Å². The van der Waals surface area contributed by atoms with Gasteiger partial charge in [0.15, 0.2) is 0 Å². The molecular formula is C20H11ClF5N3O. The molecular weight excluding hydrogens is 429 g/mol. The number of carbonyl (C=O) groups is 1. The van der Waals surface area contributed by atoms with E-state index in [2.05, 4.69) is 4.98 Å². The first-order chi connectivity index (χ1) is 14.1. The summed E-state index contributed by atoms with van der Waals surface area (Å²) in [5, 5.41) is -0.685. The van der Waals surface area contributed by atoms with Crippen molar-refractivity contribution in [3.63, 3.8) is 0 Å². The third-order valence-corrected chi connectivity index (χ3v) is 4.94. The van der Waals surface area contributed by atoms with E-state index in [0.717, 1.165) is 35.2 Å². The molecule has 1 aromatic heterocycles. The van der Waals surface area contributed by atoms with Crippen LogP contribution in [0.25, 0.3) is 11.8 Å². The summed E-state index contributed by atoms with van der Waals surface area (Å²) >= 11 is 5.84. The summed E-state index contributed by atoms with van der Waals surface area (Å²) in [6, 6.07) is 6.09. The Labute approximate surface area is 171 Å². The van der Waals surface area contributed by atoms with E-state index in [4.69, 9.17) is 11.6 Å². The average molecular weight is 440 g/mol. The lowest BCUT2D eigenvalue weighted by molar-refractivity contribution is -0.137. The molecule has 1 aliphatic heterocycles. The third kappa shape index (κ3) is 3.56. The molecule has 3 aromatic rings. The van der Waals surface area contributed by atoms with E-state index >= 15 is 0 Å². The van der Waals surface area contributed by atoms with Crippen LogP contribution in [0.5, 0.6) is 0 Å². The number of fused-ring (bicyclic) bond motifs is 1. The summed E-state index contributed by atoms with van der Waals surface area (Å²) in [5.74, 6) is -2.26. The maximum absolute atomic E-state index is 13.5. The van der Waals surface area contributed by atoms with Gasteiger partial charge in [-0.3, -0.25) is 9.36 Å². The molecule has 4 rings (SSSR count). The third-order valence-electron chi connectivity index (χ3n) is 4.54. The number of nitrogens with zero attached hydrogens (tertiary/aromatic N) is 3. The van der Waals surface area contributed by atoms with Gasteiger partial charge in [0.1, 0.15) is 18.0 Å². The molecule has 2 heterocycles. The first-order valence-corrected chi connectivity index (χ1v) is 8.90. The predicted molar refractivity (Wildman–Crippen MR) is 98.8 cm³/mol. The normalized spacial score (nSPS) is 13.5. The molecule has 0 saturated carbocycles. The van der Waals surface area contributed by atoms with E-state index in [1.807, 2.05) is 0 Å². The Morgan fingerprint density at radius 3 is 2.47 bits per heavy atom. The predicted octanol–water partition coefficient (Wildman–Crippen LogP) is 5.45. The number of alkyl halides is 3. The van der Waals surface area contributed by atoms with Crippen LogP contribution in [0.1, 0.15) is 27.3 Å².